The van der Waals surface area contributed by atoms with E-state index in [9.17, 15) is 0 Å². The van der Waals surface area contributed by atoms with Crippen molar-refractivity contribution < 1.29 is 0 Å². The van der Waals surface area contributed by atoms with Gasteiger partial charge in [-0.25, -0.2) is 0 Å². The summed E-state index contributed by atoms with van der Waals surface area (Å²) >= 11 is 5.96. The van der Waals surface area contributed by atoms with Crippen LogP contribution in [0.2, 0.25) is 5.02 Å². The van der Waals surface area contributed by atoms with Crippen LogP contribution in [0.1, 0.15) is 50.6 Å². The van der Waals surface area contributed by atoms with E-state index < -0.39 is 0 Å². The van der Waals surface area contributed by atoms with Crippen molar-refractivity contribution in [3.63, 3.8) is 0 Å². The van der Waals surface area contributed by atoms with Crippen molar-refractivity contribution in [2.24, 2.45) is 5.92 Å². The smallest absolute Gasteiger partial charge is 0.0406 e. The fraction of sp³-hybridized carbons (Fsp3) is 0.529. The summed E-state index contributed by atoms with van der Waals surface area (Å²) in [6, 6.07) is 8.75. The first-order valence-corrected chi connectivity index (χ1v) is 7.81. The number of hydrogen-bond acceptors (Lipinski definition) is 1. The minimum Gasteiger partial charge on any atom is -0.310 e. The normalized spacial score (nSPS) is 20.4. The first-order valence-electron chi connectivity index (χ1n) is 7.43. The first kappa shape index (κ1) is 14.6. The standard InChI is InChI=1S/C17H24ClN/c1-2-6-17(15-9-11-16(18)12-10-15)19-13-14-7-4-3-5-8-14/h3-4,9-12,14,17,19H,2,5-8,13H2,1H3. The van der Waals surface area contributed by atoms with E-state index in [2.05, 4.69) is 36.5 Å². The van der Waals surface area contributed by atoms with E-state index in [4.69, 9.17) is 11.6 Å². The Hall–Kier alpha value is -0.790. The van der Waals surface area contributed by atoms with Crippen molar-refractivity contribution in [1.29, 1.82) is 0 Å². The van der Waals surface area contributed by atoms with E-state index in [0.717, 1.165) is 17.5 Å². The van der Waals surface area contributed by atoms with Gasteiger partial charge in [0.25, 0.3) is 0 Å². The van der Waals surface area contributed by atoms with Crippen molar-refractivity contribution in [1.82, 2.24) is 5.32 Å². The third-order valence-corrected chi connectivity index (χ3v) is 4.13. The van der Waals surface area contributed by atoms with Crippen molar-refractivity contribution >= 4 is 11.6 Å². The maximum atomic E-state index is 5.96. The van der Waals surface area contributed by atoms with Crippen LogP contribution in [0, 0.1) is 5.92 Å². The average Bonchev–Trinajstić information content (AvgIpc) is 2.46. The summed E-state index contributed by atoms with van der Waals surface area (Å²) in [4.78, 5) is 0. The van der Waals surface area contributed by atoms with Crippen LogP contribution in [-0.4, -0.2) is 6.54 Å². The molecule has 2 rings (SSSR count). The van der Waals surface area contributed by atoms with E-state index in [-0.39, 0.29) is 0 Å². The molecule has 2 unspecified atom stereocenters. The summed E-state index contributed by atoms with van der Waals surface area (Å²) in [5.74, 6) is 0.802. The fourth-order valence-electron chi connectivity index (χ4n) is 2.72. The molecule has 0 heterocycles. The number of allylic oxidation sites excluding steroid dienone is 2. The van der Waals surface area contributed by atoms with Gasteiger partial charge in [0.15, 0.2) is 0 Å². The number of halogens is 1. The Labute approximate surface area is 122 Å². The SMILES string of the molecule is CCCC(NCC1CC=CCC1)c1ccc(Cl)cc1. The molecule has 1 nitrogen and oxygen atoms in total. The molecule has 1 aliphatic rings. The zero-order valence-corrected chi connectivity index (χ0v) is 12.5. The molecule has 1 N–H and O–H groups in total. The minimum absolute atomic E-state index is 0.466. The monoisotopic (exact) mass is 277 g/mol. The minimum atomic E-state index is 0.466. The Kier molecular flexibility index (Phi) is 5.93. The van der Waals surface area contributed by atoms with Crippen molar-refractivity contribution in [3.8, 4) is 0 Å². The molecule has 0 fully saturated rings. The lowest BCUT2D eigenvalue weighted by atomic mass is 9.93. The number of hydrogen-bond donors (Lipinski definition) is 1. The highest BCUT2D eigenvalue weighted by Gasteiger charge is 2.14. The van der Waals surface area contributed by atoms with Crippen LogP contribution in [-0.2, 0) is 0 Å². The molecule has 0 bridgehead atoms. The predicted octanol–water partition coefficient (Wildman–Crippen LogP) is 5.13. The quantitative estimate of drug-likeness (QED) is 0.711. The highest BCUT2D eigenvalue weighted by atomic mass is 35.5. The van der Waals surface area contributed by atoms with Gasteiger partial charge in [0.1, 0.15) is 0 Å². The molecule has 1 aromatic carbocycles. The third-order valence-electron chi connectivity index (χ3n) is 3.88. The van der Waals surface area contributed by atoms with Crippen molar-refractivity contribution in [2.75, 3.05) is 6.54 Å². The van der Waals surface area contributed by atoms with Crippen LogP contribution >= 0.6 is 11.6 Å². The molecular weight excluding hydrogens is 254 g/mol. The maximum Gasteiger partial charge on any atom is 0.0406 e. The topological polar surface area (TPSA) is 12.0 Å². The van der Waals surface area contributed by atoms with Gasteiger partial charge >= 0.3 is 0 Å². The summed E-state index contributed by atoms with van der Waals surface area (Å²) in [6.45, 7) is 3.37. The molecular formula is C17H24ClN. The molecule has 104 valence electrons. The molecule has 0 radical (unpaired) electrons. The Balaban J connectivity index is 1.91. The fourth-order valence-corrected chi connectivity index (χ4v) is 2.85. The van der Waals surface area contributed by atoms with Crippen LogP contribution in [0.4, 0.5) is 0 Å². The van der Waals surface area contributed by atoms with Crippen molar-refractivity contribution in [3.05, 3.63) is 47.0 Å². The summed E-state index contributed by atoms with van der Waals surface area (Å²) in [6.07, 6.45) is 10.8. The lowest BCUT2D eigenvalue weighted by Crippen LogP contribution is -2.28. The van der Waals surface area contributed by atoms with Gasteiger partial charge in [0.05, 0.1) is 0 Å². The number of nitrogens with one attached hydrogen (secondary N) is 1. The van der Waals surface area contributed by atoms with Gasteiger partial charge in [0.2, 0.25) is 0 Å². The zero-order chi connectivity index (χ0) is 13.5. The zero-order valence-electron chi connectivity index (χ0n) is 11.7. The van der Waals surface area contributed by atoms with Gasteiger partial charge in [-0.1, -0.05) is 49.2 Å². The van der Waals surface area contributed by atoms with Crippen LogP contribution in [0.15, 0.2) is 36.4 Å². The van der Waals surface area contributed by atoms with E-state index in [1.54, 1.807) is 0 Å². The van der Waals surface area contributed by atoms with Gasteiger partial charge in [-0.2, -0.15) is 0 Å². The molecule has 1 aromatic rings. The van der Waals surface area contributed by atoms with E-state index in [1.165, 1.54) is 37.7 Å². The van der Waals surface area contributed by atoms with Crippen LogP contribution in [0.25, 0.3) is 0 Å². The first-order chi connectivity index (χ1) is 9.29. The molecule has 0 aliphatic heterocycles. The second-order valence-electron chi connectivity index (χ2n) is 5.45. The lowest BCUT2D eigenvalue weighted by molar-refractivity contribution is 0.393. The van der Waals surface area contributed by atoms with Crippen LogP contribution < -0.4 is 5.32 Å². The Morgan fingerprint density at radius 3 is 2.68 bits per heavy atom. The lowest BCUT2D eigenvalue weighted by Gasteiger charge is -2.24. The van der Waals surface area contributed by atoms with Crippen molar-refractivity contribution in [2.45, 2.75) is 45.1 Å². The van der Waals surface area contributed by atoms with E-state index in [0.29, 0.717) is 6.04 Å². The average molecular weight is 278 g/mol. The molecule has 2 atom stereocenters. The summed E-state index contributed by atoms with van der Waals surface area (Å²) in [5.41, 5.74) is 1.36. The maximum absolute atomic E-state index is 5.96. The highest BCUT2D eigenvalue weighted by Crippen LogP contribution is 2.23. The predicted molar refractivity (Wildman–Crippen MR) is 83.6 cm³/mol. The van der Waals surface area contributed by atoms with E-state index >= 15 is 0 Å². The molecule has 19 heavy (non-hydrogen) atoms. The van der Waals surface area contributed by atoms with Gasteiger partial charge in [-0.15, -0.1) is 0 Å². The Morgan fingerprint density at radius 2 is 2.05 bits per heavy atom. The van der Waals surface area contributed by atoms with Gasteiger partial charge in [0, 0.05) is 11.1 Å². The molecule has 2 heteroatoms. The Bertz CT molecular complexity index is 396. The second kappa shape index (κ2) is 7.72. The van der Waals surface area contributed by atoms with Crippen LogP contribution in [0.3, 0.4) is 0 Å². The molecule has 0 spiro atoms. The van der Waals surface area contributed by atoms with E-state index in [1.807, 2.05) is 12.1 Å². The van der Waals surface area contributed by atoms with Gasteiger partial charge < -0.3 is 5.32 Å². The second-order valence-corrected chi connectivity index (χ2v) is 5.89. The molecule has 0 amide bonds. The number of benzene rings is 1. The molecule has 0 aromatic heterocycles. The van der Waals surface area contributed by atoms with Crippen LogP contribution in [0.5, 0.6) is 0 Å². The molecule has 1 aliphatic carbocycles. The van der Waals surface area contributed by atoms with Gasteiger partial charge in [-0.05, 0) is 55.8 Å². The highest BCUT2D eigenvalue weighted by molar-refractivity contribution is 6.30. The summed E-state index contributed by atoms with van der Waals surface area (Å²) in [7, 11) is 0. The summed E-state index contributed by atoms with van der Waals surface area (Å²) < 4.78 is 0. The Morgan fingerprint density at radius 1 is 1.26 bits per heavy atom. The summed E-state index contributed by atoms with van der Waals surface area (Å²) in [5, 5.41) is 4.57. The van der Waals surface area contributed by atoms with Gasteiger partial charge in [-0.3, -0.25) is 0 Å². The number of rotatable bonds is 6. The third kappa shape index (κ3) is 4.67. The molecule has 0 saturated carbocycles. The largest absolute Gasteiger partial charge is 0.310 e. The molecule has 0 saturated heterocycles.